The molecule has 0 saturated heterocycles. The number of nitrogens with one attached hydrogen (secondary N) is 1. The molecule has 1 aliphatic heterocycles. The van der Waals surface area contributed by atoms with E-state index in [-0.39, 0.29) is 6.04 Å². The van der Waals surface area contributed by atoms with Crippen LogP contribution >= 0.6 is 23.6 Å². The van der Waals surface area contributed by atoms with Crippen molar-refractivity contribution in [3.8, 4) is 17.1 Å². The first-order chi connectivity index (χ1) is 16.5. The molecule has 0 saturated carbocycles. The molecule has 0 spiro atoms. The van der Waals surface area contributed by atoms with Crippen LogP contribution in [0.4, 0.5) is 0 Å². The Morgan fingerprint density at radius 2 is 1.85 bits per heavy atom. The molecule has 1 unspecified atom stereocenters. The van der Waals surface area contributed by atoms with Crippen molar-refractivity contribution in [1.82, 2.24) is 20.4 Å². The third kappa shape index (κ3) is 4.34. The molecule has 0 amide bonds. The second-order valence-electron chi connectivity index (χ2n) is 8.11. The Hall–Kier alpha value is -3.49. The Labute approximate surface area is 207 Å². The molecule has 0 fully saturated rings. The molecule has 0 aliphatic carbocycles. The number of benzene rings is 2. The third-order valence-electron chi connectivity index (χ3n) is 5.91. The number of aromatic nitrogens is 2. The number of thiocarbonyl (C=S) groups is 1. The average molecular weight is 489 g/mol. The molecule has 3 heterocycles. The molecule has 4 aromatic rings. The predicted molar refractivity (Wildman–Crippen MR) is 138 cm³/mol. The van der Waals surface area contributed by atoms with E-state index >= 15 is 0 Å². The van der Waals surface area contributed by atoms with E-state index in [1.807, 2.05) is 54.6 Å². The number of allylic oxidation sites excluding steroid dienone is 1. The number of methoxy groups -OCH3 is 1. The number of hydrogen-bond donors (Lipinski definition) is 1. The zero-order valence-electron chi connectivity index (χ0n) is 19.1. The molecule has 1 atom stereocenters. The summed E-state index contributed by atoms with van der Waals surface area (Å²) >= 11 is 7.50. The second-order valence-corrected chi connectivity index (χ2v) is 9.53. The minimum absolute atomic E-state index is 0.232. The third-order valence-corrected chi connectivity index (χ3v) is 7.11. The minimum atomic E-state index is -0.232. The summed E-state index contributed by atoms with van der Waals surface area (Å²) < 4.78 is 11.2. The first-order valence-corrected chi connectivity index (χ1v) is 12.2. The van der Waals surface area contributed by atoms with Crippen molar-refractivity contribution in [2.75, 3.05) is 7.11 Å². The van der Waals surface area contributed by atoms with Gasteiger partial charge in [0.15, 0.2) is 5.11 Å². The van der Waals surface area contributed by atoms with Gasteiger partial charge in [0.05, 0.1) is 25.3 Å². The van der Waals surface area contributed by atoms with Gasteiger partial charge in [-0.2, -0.15) is 4.98 Å². The van der Waals surface area contributed by atoms with Gasteiger partial charge in [-0.05, 0) is 55.2 Å². The van der Waals surface area contributed by atoms with Crippen LogP contribution in [0.2, 0.25) is 0 Å². The van der Waals surface area contributed by atoms with E-state index < -0.39 is 0 Å². The lowest BCUT2D eigenvalue weighted by Crippen LogP contribution is -2.45. The smallest absolute Gasteiger partial charge is 0.258 e. The molecule has 0 bridgehead atoms. The van der Waals surface area contributed by atoms with Crippen molar-refractivity contribution < 1.29 is 9.26 Å². The van der Waals surface area contributed by atoms with Crippen molar-refractivity contribution in [1.29, 1.82) is 0 Å². The Kier molecular flexibility index (Phi) is 6.17. The summed E-state index contributed by atoms with van der Waals surface area (Å²) in [6, 6.07) is 19.9. The molecule has 2 aromatic carbocycles. The van der Waals surface area contributed by atoms with Crippen LogP contribution in [0.5, 0.6) is 5.75 Å². The van der Waals surface area contributed by atoms with Crippen LogP contribution in [0.25, 0.3) is 17.0 Å². The van der Waals surface area contributed by atoms with E-state index in [1.54, 1.807) is 18.4 Å². The fourth-order valence-corrected chi connectivity index (χ4v) is 5.02. The van der Waals surface area contributed by atoms with E-state index in [4.69, 9.17) is 26.5 Å². The largest absolute Gasteiger partial charge is 0.497 e. The summed E-state index contributed by atoms with van der Waals surface area (Å²) in [7, 11) is 1.66. The summed E-state index contributed by atoms with van der Waals surface area (Å²) in [5.74, 6) is 1.82. The predicted octanol–water partition coefficient (Wildman–Crippen LogP) is 5.98. The van der Waals surface area contributed by atoms with Gasteiger partial charge in [0.2, 0.25) is 5.82 Å². The molecule has 2 aromatic heterocycles. The fourth-order valence-electron chi connectivity index (χ4n) is 4.01. The van der Waals surface area contributed by atoms with Gasteiger partial charge >= 0.3 is 0 Å². The van der Waals surface area contributed by atoms with Crippen molar-refractivity contribution in [3.05, 3.63) is 93.6 Å². The molecule has 8 heteroatoms. The van der Waals surface area contributed by atoms with Crippen LogP contribution in [-0.4, -0.2) is 27.3 Å². The van der Waals surface area contributed by atoms with Gasteiger partial charge in [-0.15, -0.1) is 11.3 Å². The fraction of sp³-hybridized carbons (Fsp3) is 0.192. The highest BCUT2D eigenvalue weighted by Gasteiger charge is 2.34. The summed E-state index contributed by atoms with van der Waals surface area (Å²) in [6.45, 7) is 4.79. The van der Waals surface area contributed by atoms with Gasteiger partial charge in [0.1, 0.15) is 5.75 Å². The second kappa shape index (κ2) is 9.40. The first kappa shape index (κ1) is 22.3. The number of nitrogens with zero attached hydrogens (tertiary/aromatic N) is 3. The van der Waals surface area contributed by atoms with Crippen LogP contribution in [0, 0.1) is 6.92 Å². The number of ether oxygens (including phenoxy) is 1. The molecule has 6 nitrogen and oxygen atoms in total. The summed E-state index contributed by atoms with van der Waals surface area (Å²) in [5.41, 5.74) is 5.01. The van der Waals surface area contributed by atoms with E-state index in [2.05, 4.69) is 40.7 Å². The molecule has 1 aliphatic rings. The SMILES string of the molecule is COc1ccc(C2NC(=S)N(Cc3cccs3)C(C)=C2c2nc(-c3ccc(C)cc3)no2)cc1. The van der Waals surface area contributed by atoms with Gasteiger partial charge in [0, 0.05) is 16.1 Å². The highest BCUT2D eigenvalue weighted by molar-refractivity contribution is 7.80. The molecular formula is C26H24N4O2S2. The molecule has 172 valence electrons. The number of hydrogen-bond acceptors (Lipinski definition) is 6. The molecule has 5 rings (SSSR count). The highest BCUT2D eigenvalue weighted by Crippen LogP contribution is 2.38. The van der Waals surface area contributed by atoms with E-state index in [9.17, 15) is 0 Å². The maximum Gasteiger partial charge on any atom is 0.258 e. The van der Waals surface area contributed by atoms with Crippen LogP contribution < -0.4 is 10.1 Å². The average Bonchev–Trinajstić information content (AvgIpc) is 3.54. The van der Waals surface area contributed by atoms with Crippen LogP contribution in [0.15, 0.2) is 76.3 Å². The van der Waals surface area contributed by atoms with E-state index in [0.717, 1.165) is 28.1 Å². The molecule has 1 N–H and O–H groups in total. The molecular weight excluding hydrogens is 464 g/mol. The monoisotopic (exact) mass is 488 g/mol. The quantitative estimate of drug-likeness (QED) is 0.335. The van der Waals surface area contributed by atoms with Gasteiger partial charge < -0.3 is 19.5 Å². The van der Waals surface area contributed by atoms with Crippen LogP contribution in [0.1, 0.15) is 34.9 Å². The van der Waals surface area contributed by atoms with Crippen LogP contribution in [0.3, 0.4) is 0 Å². The summed E-state index contributed by atoms with van der Waals surface area (Å²) in [5, 5.41) is 10.5. The number of rotatable bonds is 6. The first-order valence-electron chi connectivity index (χ1n) is 10.9. The standard InChI is InChI=1S/C26H24N4O2S2/c1-16-6-8-19(9-7-16)24-28-25(32-29-24)22-17(2)30(15-21-5-4-14-34-21)26(33)27-23(22)18-10-12-20(31-3)13-11-18/h4-14,23H,15H2,1-3H3,(H,27,33). The van der Waals surface area contributed by atoms with Gasteiger partial charge in [0.25, 0.3) is 5.89 Å². The van der Waals surface area contributed by atoms with Gasteiger partial charge in [-0.25, -0.2) is 0 Å². The van der Waals surface area contributed by atoms with Gasteiger partial charge in [-0.1, -0.05) is 53.2 Å². The molecule has 34 heavy (non-hydrogen) atoms. The highest BCUT2D eigenvalue weighted by atomic mass is 32.1. The summed E-state index contributed by atoms with van der Waals surface area (Å²) in [6.07, 6.45) is 0. The Balaban J connectivity index is 1.58. The lowest BCUT2D eigenvalue weighted by molar-refractivity contribution is 0.396. The minimum Gasteiger partial charge on any atom is -0.497 e. The zero-order chi connectivity index (χ0) is 23.7. The van der Waals surface area contributed by atoms with Crippen molar-refractivity contribution in [2.24, 2.45) is 0 Å². The van der Waals surface area contributed by atoms with Gasteiger partial charge in [-0.3, -0.25) is 0 Å². The lowest BCUT2D eigenvalue weighted by Gasteiger charge is -2.37. The topological polar surface area (TPSA) is 63.4 Å². The Morgan fingerprint density at radius 1 is 1.09 bits per heavy atom. The van der Waals surface area contributed by atoms with Crippen molar-refractivity contribution in [2.45, 2.75) is 26.4 Å². The maximum atomic E-state index is 5.82. The Morgan fingerprint density at radius 3 is 2.53 bits per heavy atom. The number of aryl methyl sites for hydroxylation is 1. The van der Waals surface area contributed by atoms with Crippen molar-refractivity contribution >= 4 is 34.2 Å². The van der Waals surface area contributed by atoms with Crippen LogP contribution in [-0.2, 0) is 6.54 Å². The summed E-state index contributed by atoms with van der Waals surface area (Å²) in [4.78, 5) is 8.09. The van der Waals surface area contributed by atoms with E-state index in [0.29, 0.717) is 23.4 Å². The van der Waals surface area contributed by atoms with E-state index in [1.165, 1.54) is 10.4 Å². The Bertz CT molecular complexity index is 1330. The van der Waals surface area contributed by atoms with Crippen molar-refractivity contribution in [3.63, 3.8) is 0 Å². The maximum absolute atomic E-state index is 5.82. The lowest BCUT2D eigenvalue weighted by atomic mass is 9.94. The normalized spacial score (nSPS) is 16.0. The number of thiophene rings is 1. The molecule has 0 radical (unpaired) electrons. The zero-order valence-corrected chi connectivity index (χ0v) is 20.7.